The summed E-state index contributed by atoms with van der Waals surface area (Å²) in [5.74, 6) is 0.125. The minimum Gasteiger partial charge on any atom is -0.307 e. The van der Waals surface area contributed by atoms with E-state index < -0.39 is 11.6 Å². The third-order valence-corrected chi connectivity index (χ3v) is 6.48. The molecule has 0 radical (unpaired) electrons. The van der Waals surface area contributed by atoms with Crippen molar-refractivity contribution in [1.29, 1.82) is 0 Å². The molecule has 3 aliphatic rings. The number of carbonyl (C=O) groups is 1. The molecule has 0 spiro atoms. The lowest BCUT2D eigenvalue weighted by atomic mass is 9.72. The van der Waals surface area contributed by atoms with Crippen molar-refractivity contribution < 1.29 is 9.18 Å². The van der Waals surface area contributed by atoms with Gasteiger partial charge in [-0.05, 0) is 62.0 Å². The minimum atomic E-state index is -0.700. The Labute approximate surface area is 150 Å². The highest BCUT2D eigenvalue weighted by Gasteiger charge is 2.55. The fourth-order valence-corrected chi connectivity index (χ4v) is 4.89. The molecule has 0 aromatic carbocycles. The van der Waals surface area contributed by atoms with Crippen molar-refractivity contribution in [3.8, 4) is 0 Å². The van der Waals surface area contributed by atoms with Gasteiger partial charge in [0, 0.05) is 35.3 Å². The van der Waals surface area contributed by atoms with Crippen LogP contribution in [0.4, 0.5) is 10.1 Å². The SMILES string of the molecule is CC1(C)C(=O)N(C2CC(C)(N3CC[C@H](F)C3)C2)c2cc(Br)cnc21. The van der Waals surface area contributed by atoms with Gasteiger partial charge < -0.3 is 4.90 Å². The van der Waals surface area contributed by atoms with Crippen LogP contribution in [0.25, 0.3) is 0 Å². The molecule has 2 fully saturated rings. The van der Waals surface area contributed by atoms with Crippen LogP contribution in [-0.4, -0.2) is 46.6 Å². The molecule has 4 rings (SSSR count). The van der Waals surface area contributed by atoms with E-state index in [1.807, 2.05) is 24.8 Å². The van der Waals surface area contributed by atoms with Crippen molar-refractivity contribution in [2.24, 2.45) is 0 Å². The van der Waals surface area contributed by atoms with E-state index in [-0.39, 0.29) is 17.5 Å². The Hall–Kier alpha value is -1.01. The number of likely N-dealkylation sites (tertiary alicyclic amines) is 1. The number of fused-ring (bicyclic) bond motifs is 1. The first kappa shape index (κ1) is 16.5. The average Bonchev–Trinajstić information content (AvgIpc) is 2.98. The maximum atomic E-state index is 13.5. The number of amides is 1. The molecule has 0 unspecified atom stereocenters. The summed E-state index contributed by atoms with van der Waals surface area (Å²) in [6, 6.07) is 2.18. The van der Waals surface area contributed by atoms with Gasteiger partial charge in [0.2, 0.25) is 5.91 Å². The van der Waals surface area contributed by atoms with Crippen LogP contribution in [0.15, 0.2) is 16.7 Å². The Morgan fingerprint density at radius 1 is 1.33 bits per heavy atom. The smallest absolute Gasteiger partial charge is 0.239 e. The number of nitrogens with zero attached hydrogens (tertiary/aromatic N) is 3. The lowest BCUT2D eigenvalue weighted by Crippen LogP contribution is -2.62. The van der Waals surface area contributed by atoms with Crippen LogP contribution in [0.2, 0.25) is 0 Å². The molecule has 130 valence electrons. The highest BCUT2D eigenvalue weighted by Crippen LogP contribution is 2.49. The van der Waals surface area contributed by atoms with Crippen LogP contribution in [0.1, 0.15) is 45.7 Å². The number of alkyl halides is 1. The Kier molecular flexibility index (Phi) is 3.59. The zero-order chi connectivity index (χ0) is 17.3. The summed E-state index contributed by atoms with van der Waals surface area (Å²) in [5, 5.41) is 0. The van der Waals surface area contributed by atoms with Crippen LogP contribution in [0.3, 0.4) is 0 Å². The minimum absolute atomic E-state index is 0.0120. The number of hydrogen-bond donors (Lipinski definition) is 0. The molecule has 1 aliphatic carbocycles. The predicted molar refractivity (Wildman–Crippen MR) is 95.0 cm³/mol. The third-order valence-electron chi connectivity index (χ3n) is 6.05. The molecule has 1 saturated heterocycles. The van der Waals surface area contributed by atoms with Gasteiger partial charge in [-0.2, -0.15) is 0 Å². The largest absolute Gasteiger partial charge is 0.307 e. The molecule has 1 atom stereocenters. The van der Waals surface area contributed by atoms with Gasteiger partial charge in [-0.25, -0.2) is 4.39 Å². The summed E-state index contributed by atoms with van der Waals surface area (Å²) in [6.07, 6.45) is 3.49. The van der Waals surface area contributed by atoms with E-state index in [0.717, 1.165) is 35.2 Å². The first-order chi connectivity index (χ1) is 11.2. The Bertz CT molecular complexity index is 702. The van der Waals surface area contributed by atoms with Crippen LogP contribution in [0, 0.1) is 0 Å². The first-order valence-electron chi connectivity index (χ1n) is 8.61. The lowest BCUT2D eigenvalue weighted by Gasteiger charge is -2.53. The summed E-state index contributed by atoms with van der Waals surface area (Å²) in [6.45, 7) is 7.45. The molecule has 24 heavy (non-hydrogen) atoms. The van der Waals surface area contributed by atoms with Crippen LogP contribution in [0.5, 0.6) is 0 Å². The monoisotopic (exact) mass is 395 g/mol. The van der Waals surface area contributed by atoms with E-state index in [0.29, 0.717) is 13.0 Å². The molecule has 4 nitrogen and oxygen atoms in total. The van der Waals surface area contributed by atoms with Crippen molar-refractivity contribution in [2.75, 3.05) is 18.0 Å². The molecular formula is C18H23BrFN3O. The van der Waals surface area contributed by atoms with Gasteiger partial charge in [0.1, 0.15) is 6.17 Å². The fourth-order valence-electron chi connectivity index (χ4n) is 4.57. The summed E-state index contributed by atoms with van der Waals surface area (Å²) in [5.41, 5.74) is 1.21. The van der Waals surface area contributed by atoms with Gasteiger partial charge in [0.15, 0.2) is 0 Å². The molecular weight excluding hydrogens is 373 g/mol. The summed E-state index contributed by atoms with van der Waals surface area (Å²) in [4.78, 5) is 21.7. The van der Waals surface area contributed by atoms with Crippen molar-refractivity contribution in [3.05, 3.63) is 22.4 Å². The molecule has 0 N–H and O–H groups in total. The van der Waals surface area contributed by atoms with Gasteiger partial charge in [0.05, 0.1) is 16.8 Å². The normalized spacial score (nSPS) is 35.2. The molecule has 1 aromatic rings. The second kappa shape index (κ2) is 5.24. The molecule has 1 amide bonds. The van der Waals surface area contributed by atoms with Gasteiger partial charge in [-0.3, -0.25) is 14.7 Å². The van der Waals surface area contributed by atoms with Crippen molar-refractivity contribution in [1.82, 2.24) is 9.88 Å². The van der Waals surface area contributed by atoms with E-state index in [1.54, 1.807) is 6.20 Å². The van der Waals surface area contributed by atoms with Crippen LogP contribution in [-0.2, 0) is 10.2 Å². The van der Waals surface area contributed by atoms with Crippen molar-refractivity contribution in [3.63, 3.8) is 0 Å². The number of rotatable bonds is 2. The van der Waals surface area contributed by atoms with Crippen LogP contribution >= 0.6 is 15.9 Å². The molecule has 2 aliphatic heterocycles. The average molecular weight is 396 g/mol. The van der Waals surface area contributed by atoms with Crippen molar-refractivity contribution in [2.45, 2.75) is 63.2 Å². The summed E-state index contributed by atoms with van der Waals surface area (Å²) in [7, 11) is 0. The molecule has 1 aromatic heterocycles. The summed E-state index contributed by atoms with van der Waals surface area (Å²) >= 11 is 3.47. The highest BCUT2D eigenvalue weighted by atomic mass is 79.9. The third kappa shape index (κ3) is 2.25. The fraction of sp³-hybridized carbons (Fsp3) is 0.667. The number of anilines is 1. The molecule has 0 bridgehead atoms. The number of pyridine rings is 1. The first-order valence-corrected chi connectivity index (χ1v) is 9.40. The maximum absolute atomic E-state index is 13.5. The van der Waals surface area contributed by atoms with Crippen LogP contribution < -0.4 is 4.90 Å². The second-order valence-corrected chi connectivity index (χ2v) is 9.13. The van der Waals surface area contributed by atoms with Gasteiger partial charge in [-0.15, -0.1) is 0 Å². The quantitative estimate of drug-likeness (QED) is 0.769. The number of hydrogen-bond acceptors (Lipinski definition) is 3. The summed E-state index contributed by atoms with van der Waals surface area (Å²) < 4.78 is 14.4. The topological polar surface area (TPSA) is 36.4 Å². The Morgan fingerprint density at radius 3 is 2.67 bits per heavy atom. The molecule has 1 saturated carbocycles. The van der Waals surface area contributed by atoms with E-state index in [4.69, 9.17) is 0 Å². The van der Waals surface area contributed by atoms with E-state index in [2.05, 4.69) is 32.7 Å². The number of aromatic nitrogens is 1. The van der Waals surface area contributed by atoms with Gasteiger partial charge >= 0.3 is 0 Å². The van der Waals surface area contributed by atoms with Gasteiger partial charge in [-0.1, -0.05) is 0 Å². The number of halogens is 2. The van der Waals surface area contributed by atoms with E-state index >= 15 is 0 Å². The molecule has 3 heterocycles. The molecule has 6 heteroatoms. The van der Waals surface area contributed by atoms with E-state index in [9.17, 15) is 9.18 Å². The number of carbonyl (C=O) groups excluding carboxylic acids is 1. The van der Waals surface area contributed by atoms with Crippen molar-refractivity contribution >= 4 is 27.5 Å². The lowest BCUT2D eigenvalue weighted by molar-refractivity contribution is -0.123. The predicted octanol–water partition coefficient (Wildman–Crippen LogP) is 3.43. The second-order valence-electron chi connectivity index (χ2n) is 8.21. The Balaban J connectivity index is 1.58. The maximum Gasteiger partial charge on any atom is 0.239 e. The van der Waals surface area contributed by atoms with E-state index in [1.165, 1.54) is 0 Å². The Morgan fingerprint density at radius 2 is 2.04 bits per heavy atom. The standard InChI is InChI=1S/C18H23BrFN3O/c1-17(2)15-14(6-11(19)9-21-15)23(16(17)24)13-7-18(3,8-13)22-5-4-12(20)10-22/h6,9,12-13H,4-5,7-8,10H2,1-3H3/t12-,13?,18?/m0/s1. The highest BCUT2D eigenvalue weighted by molar-refractivity contribution is 9.10. The zero-order valence-corrected chi connectivity index (χ0v) is 15.9. The zero-order valence-electron chi connectivity index (χ0n) is 14.4. The van der Waals surface area contributed by atoms with Gasteiger partial charge in [0.25, 0.3) is 0 Å².